The fraction of sp³-hybridized carbons (Fsp3) is 0.200. The summed E-state index contributed by atoms with van der Waals surface area (Å²) in [6.07, 6.45) is 0. The second kappa shape index (κ2) is 9.43. The largest absolute Gasteiger partial charge is 0.485 e. The average Bonchev–Trinajstić information content (AvgIpc) is 3.08. The van der Waals surface area contributed by atoms with Crippen molar-refractivity contribution in [2.75, 3.05) is 0 Å². The summed E-state index contributed by atoms with van der Waals surface area (Å²) < 4.78 is 18.2. The van der Waals surface area contributed by atoms with Crippen LogP contribution < -0.4 is 20.9 Å². The predicted molar refractivity (Wildman–Crippen MR) is 120 cm³/mol. The van der Waals surface area contributed by atoms with E-state index in [-0.39, 0.29) is 6.54 Å². The lowest BCUT2D eigenvalue weighted by atomic mass is 10.1. The van der Waals surface area contributed by atoms with Crippen molar-refractivity contribution in [2.24, 2.45) is 0 Å². The Morgan fingerprint density at radius 1 is 0.844 bits per heavy atom. The van der Waals surface area contributed by atoms with Gasteiger partial charge in [0, 0.05) is 5.56 Å². The van der Waals surface area contributed by atoms with Crippen molar-refractivity contribution in [3.8, 4) is 11.5 Å². The number of ether oxygens (including phenoxy) is 2. The first-order valence-corrected chi connectivity index (χ1v) is 10.3. The van der Waals surface area contributed by atoms with Gasteiger partial charge in [-0.15, -0.1) is 4.74 Å². The second-order valence-corrected chi connectivity index (χ2v) is 7.65. The van der Waals surface area contributed by atoms with Gasteiger partial charge in [0.25, 0.3) is 0 Å². The molecule has 0 saturated carbocycles. The number of benzene rings is 3. The Bertz CT molecular complexity index is 1330. The minimum absolute atomic E-state index is 0.0301. The number of rotatable bonds is 8. The van der Waals surface area contributed by atoms with Gasteiger partial charge in [-0.3, -0.25) is 0 Å². The van der Waals surface area contributed by atoms with Gasteiger partial charge in [-0.1, -0.05) is 71.8 Å². The topological polar surface area (TPSA) is 86.5 Å². The SMILES string of the molecule is Cc1cccc(COc2cccc(Cn3oc(=O)[nH]c3=O)c2OCc2cccc(C)c2)c1. The lowest BCUT2D eigenvalue weighted by molar-refractivity contribution is 0.239. The highest BCUT2D eigenvalue weighted by atomic mass is 16.5. The number of nitrogens with one attached hydrogen (secondary N) is 1. The maximum atomic E-state index is 11.9. The monoisotopic (exact) mass is 432 g/mol. The number of aromatic amines is 1. The van der Waals surface area contributed by atoms with Crippen LogP contribution in [0.5, 0.6) is 11.5 Å². The van der Waals surface area contributed by atoms with Gasteiger partial charge in [-0.2, -0.15) is 0 Å². The number of nitrogens with zero attached hydrogens (tertiary/aromatic N) is 1. The van der Waals surface area contributed by atoms with Crippen LogP contribution in [0.2, 0.25) is 0 Å². The lowest BCUT2D eigenvalue weighted by Gasteiger charge is -2.17. The van der Waals surface area contributed by atoms with E-state index in [1.807, 2.05) is 74.5 Å². The van der Waals surface area contributed by atoms with Crippen molar-refractivity contribution >= 4 is 0 Å². The molecular weight excluding hydrogens is 408 g/mol. The van der Waals surface area contributed by atoms with Crippen LogP contribution in [0, 0.1) is 13.8 Å². The highest BCUT2D eigenvalue weighted by molar-refractivity contribution is 5.47. The number of hydrogen-bond donors (Lipinski definition) is 1. The molecule has 7 heteroatoms. The van der Waals surface area contributed by atoms with Crippen LogP contribution in [0.25, 0.3) is 0 Å². The maximum Gasteiger partial charge on any atom is 0.440 e. The van der Waals surface area contributed by atoms with Crippen LogP contribution in [0.15, 0.2) is 80.8 Å². The van der Waals surface area contributed by atoms with Gasteiger partial charge >= 0.3 is 11.4 Å². The first-order chi connectivity index (χ1) is 15.5. The van der Waals surface area contributed by atoms with Gasteiger partial charge < -0.3 is 14.0 Å². The Morgan fingerprint density at radius 3 is 2.06 bits per heavy atom. The van der Waals surface area contributed by atoms with E-state index in [0.29, 0.717) is 30.3 Å². The number of para-hydroxylation sites is 1. The highest BCUT2D eigenvalue weighted by Gasteiger charge is 2.15. The summed E-state index contributed by atoms with van der Waals surface area (Å²) in [5.41, 5.74) is 4.37. The predicted octanol–water partition coefficient (Wildman–Crippen LogP) is 3.95. The molecule has 4 rings (SSSR count). The average molecular weight is 432 g/mol. The van der Waals surface area contributed by atoms with E-state index < -0.39 is 11.4 Å². The lowest BCUT2D eigenvalue weighted by Crippen LogP contribution is -2.18. The standard InChI is InChI=1S/C25H24N2O5/c1-17-6-3-8-19(12-17)15-30-22-11-5-10-21(14-27-24(28)26-25(29)32-27)23(22)31-16-20-9-4-7-18(2)13-20/h3-13H,14-16H2,1-2H3,(H,26,28,29). The molecule has 0 amide bonds. The van der Waals surface area contributed by atoms with Crippen molar-refractivity contribution in [3.05, 3.63) is 116 Å². The Labute approximate surface area is 184 Å². The molecule has 0 aliphatic carbocycles. The van der Waals surface area contributed by atoms with E-state index >= 15 is 0 Å². The summed E-state index contributed by atoms with van der Waals surface area (Å²) in [7, 11) is 0. The van der Waals surface area contributed by atoms with E-state index in [4.69, 9.17) is 14.0 Å². The Balaban J connectivity index is 1.63. The molecular formula is C25H24N2O5. The Kier molecular flexibility index (Phi) is 6.26. The van der Waals surface area contributed by atoms with Gasteiger partial charge in [0.15, 0.2) is 11.5 Å². The van der Waals surface area contributed by atoms with Crippen LogP contribution in [-0.2, 0) is 19.8 Å². The van der Waals surface area contributed by atoms with E-state index in [1.165, 1.54) is 0 Å². The maximum absolute atomic E-state index is 11.9. The van der Waals surface area contributed by atoms with Crippen molar-refractivity contribution in [2.45, 2.75) is 33.6 Å². The first-order valence-electron chi connectivity index (χ1n) is 10.3. The zero-order valence-corrected chi connectivity index (χ0v) is 18.0. The Hall–Kier alpha value is -4.00. The number of hydrogen-bond acceptors (Lipinski definition) is 5. The van der Waals surface area contributed by atoms with Crippen molar-refractivity contribution < 1.29 is 14.0 Å². The third kappa shape index (κ3) is 5.18. The summed E-state index contributed by atoms with van der Waals surface area (Å²) in [5.74, 6) is 0.240. The fourth-order valence-electron chi connectivity index (χ4n) is 3.46. The molecule has 0 saturated heterocycles. The van der Waals surface area contributed by atoms with E-state index in [2.05, 4.69) is 11.1 Å². The van der Waals surface area contributed by atoms with E-state index in [0.717, 1.165) is 27.0 Å². The molecule has 0 aliphatic heterocycles. The molecule has 4 aromatic rings. The number of aromatic nitrogens is 2. The number of H-pyrrole nitrogens is 1. The van der Waals surface area contributed by atoms with Crippen molar-refractivity contribution in [3.63, 3.8) is 0 Å². The van der Waals surface area contributed by atoms with Crippen LogP contribution >= 0.6 is 0 Å². The summed E-state index contributed by atoms with van der Waals surface area (Å²) in [6.45, 7) is 4.77. The molecule has 0 radical (unpaired) electrons. The van der Waals surface area contributed by atoms with E-state index in [9.17, 15) is 9.59 Å². The summed E-state index contributed by atoms with van der Waals surface area (Å²) >= 11 is 0. The minimum Gasteiger partial charge on any atom is -0.485 e. The molecule has 32 heavy (non-hydrogen) atoms. The van der Waals surface area contributed by atoms with E-state index in [1.54, 1.807) is 0 Å². The van der Waals surface area contributed by atoms with Crippen LogP contribution in [-0.4, -0.2) is 9.72 Å². The first kappa shape index (κ1) is 21.2. The third-order valence-electron chi connectivity index (χ3n) is 4.95. The molecule has 0 spiro atoms. The third-order valence-corrected chi connectivity index (χ3v) is 4.95. The van der Waals surface area contributed by atoms with Gasteiger partial charge in [-0.25, -0.2) is 14.6 Å². The number of aryl methyl sites for hydroxylation is 2. The molecule has 0 atom stereocenters. The molecule has 164 valence electrons. The molecule has 0 bridgehead atoms. The van der Waals surface area contributed by atoms with Crippen molar-refractivity contribution in [1.82, 2.24) is 9.72 Å². The van der Waals surface area contributed by atoms with Gasteiger partial charge in [-0.05, 0) is 31.0 Å². The summed E-state index contributed by atoms with van der Waals surface area (Å²) in [6, 6.07) is 21.6. The van der Waals surface area contributed by atoms with Crippen LogP contribution in [0.4, 0.5) is 0 Å². The summed E-state index contributed by atoms with van der Waals surface area (Å²) in [5, 5.41) is 0. The molecule has 1 aromatic heterocycles. The molecule has 7 nitrogen and oxygen atoms in total. The zero-order chi connectivity index (χ0) is 22.5. The van der Waals surface area contributed by atoms with Crippen molar-refractivity contribution in [1.29, 1.82) is 0 Å². The Morgan fingerprint density at radius 2 is 1.47 bits per heavy atom. The molecule has 3 aromatic carbocycles. The zero-order valence-electron chi connectivity index (χ0n) is 18.0. The smallest absolute Gasteiger partial charge is 0.440 e. The van der Waals surface area contributed by atoms with Crippen LogP contribution in [0.1, 0.15) is 27.8 Å². The molecule has 0 unspecified atom stereocenters. The molecule has 0 fully saturated rings. The van der Waals surface area contributed by atoms with Gasteiger partial charge in [0.2, 0.25) is 0 Å². The second-order valence-electron chi connectivity index (χ2n) is 7.65. The highest BCUT2D eigenvalue weighted by Crippen LogP contribution is 2.33. The van der Waals surface area contributed by atoms with Gasteiger partial charge in [0.1, 0.15) is 13.2 Å². The van der Waals surface area contributed by atoms with Gasteiger partial charge in [0.05, 0.1) is 6.54 Å². The normalized spacial score (nSPS) is 10.8. The fourth-order valence-corrected chi connectivity index (χ4v) is 3.46. The molecule has 1 heterocycles. The summed E-state index contributed by atoms with van der Waals surface area (Å²) in [4.78, 5) is 25.4. The van der Waals surface area contributed by atoms with Crippen LogP contribution in [0.3, 0.4) is 0 Å². The minimum atomic E-state index is -0.802. The quantitative estimate of drug-likeness (QED) is 0.456. The molecule has 0 aliphatic rings. The molecule has 1 N–H and O–H groups in total.